The van der Waals surface area contributed by atoms with Gasteiger partial charge in [0.1, 0.15) is 11.9 Å². The Bertz CT molecular complexity index is 933. The highest BCUT2D eigenvalue weighted by Gasteiger charge is 2.42. The summed E-state index contributed by atoms with van der Waals surface area (Å²) in [6, 6.07) is 20.9. The van der Waals surface area contributed by atoms with Crippen LogP contribution in [-0.2, 0) is 20.4 Å². The summed E-state index contributed by atoms with van der Waals surface area (Å²) in [5.41, 5.74) is 2.28. The first-order valence-corrected chi connectivity index (χ1v) is 13.0. The van der Waals surface area contributed by atoms with Gasteiger partial charge < -0.3 is 19.7 Å². The van der Waals surface area contributed by atoms with E-state index in [1.165, 1.54) is 31.4 Å². The summed E-state index contributed by atoms with van der Waals surface area (Å²) in [5.74, 6) is 0. The van der Waals surface area contributed by atoms with Gasteiger partial charge in [-0.3, -0.25) is 0 Å². The molecule has 2 aliphatic rings. The first kappa shape index (κ1) is 26.9. The SMILES string of the molecule is CC(C)(C)OC(=O)N1CCC(CC=O)(c2ccccc2)C1.CCCC1(c2ccccc2)CCNC1. The molecule has 5 nitrogen and oxygen atoms in total. The molecule has 1 amide bonds. The lowest BCUT2D eigenvalue weighted by Crippen LogP contribution is -2.38. The van der Waals surface area contributed by atoms with Gasteiger partial charge in [0.2, 0.25) is 0 Å². The van der Waals surface area contributed by atoms with E-state index in [9.17, 15) is 9.59 Å². The van der Waals surface area contributed by atoms with Crippen LogP contribution in [0.25, 0.3) is 0 Å². The molecule has 190 valence electrons. The molecule has 4 rings (SSSR count). The lowest BCUT2D eigenvalue weighted by molar-refractivity contribution is -0.108. The van der Waals surface area contributed by atoms with Crippen LogP contribution in [0, 0.1) is 0 Å². The molecular formula is C30H42N2O3. The van der Waals surface area contributed by atoms with E-state index in [1.54, 1.807) is 4.90 Å². The average molecular weight is 479 g/mol. The van der Waals surface area contributed by atoms with Crippen molar-refractivity contribution in [3.8, 4) is 0 Å². The largest absolute Gasteiger partial charge is 0.444 e. The van der Waals surface area contributed by atoms with Crippen molar-refractivity contribution < 1.29 is 14.3 Å². The van der Waals surface area contributed by atoms with Crippen molar-refractivity contribution in [2.45, 2.75) is 76.2 Å². The maximum absolute atomic E-state index is 12.2. The van der Waals surface area contributed by atoms with E-state index in [1.807, 2.05) is 51.1 Å². The van der Waals surface area contributed by atoms with Crippen LogP contribution in [0.3, 0.4) is 0 Å². The van der Waals surface area contributed by atoms with Crippen molar-refractivity contribution in [3.05, 3.63) is 71.8 Å². The lowest BCUT2D eigenvalue weighted by Gasteiger charge is -2.29. The molecular weight excluding hydrogens is 436 g/mol. The Labute approximate surface area is 211 Å². The highest BCUT2D eigenvalue weighted by atomic mass is 16.6. The van der Waals surface area contributed by atoms with E-state index >= 15 is 0 Å². The van der Waals surface area contributed by atoms with Crippen molar-refractivity contribution in [2.24, 2.45) is 0 Å². The Balaban J connectivity index is 0.000000211. The number of likely N-dealkylation sites (tertiary alicyclic amines) is 1. The van der Waals surface area contributed by atoms with Gasteiger partial charge in [-0.05, 0) is 57.7 Å². The molecule has 2 saturated heterocycles. The van der Waals surface area contributed by atoms with E-state index in [-0.39, 0.29) is 11.5 Å². The first-order chi connectivity index (χ1) is 16.7. The van der Waals surface area contributed by atoms with E-state index in [0.717, 1.165) is 24.8 Å². The topological polar surface area (TPSA) is 58.6 Å². The minimum atomic E-state index is -0.500. The minimum absolute atomic E-state index is 0.278. The molecule has 2 heterocycles. The van der Waals surface area contributed by atoms with Crippen LogP contribution in [0.15, 0.2) is 60.7 Å². The van der Waals surface area contributed by atoms with Gasteiger partial charge >= 0.3 is 6.09 Å². The van der Waals surface area contributed by atoms with Gasteiger partial charge in [0.05, 0.1) is 0 Å². The number of carbonyl (C=O) groups excluding carboxylic acids is 2. The highest BCUT2D eigenvalue weighted by molar-refractivity contribution is 5.69. The van der Waals surface area contributed by atoms with Crippen LogP contribution in [0.2, 0.25) is 0 Å². The zero-order valence-corrected chi connectivity index (χ0v) is 21.9. The molecule has 2 aromatic carbocycles. The monoisotopic (exact) mass is 478 g/mol. The van der Waals surface area contributed by atoms with Crippen LogP contribution >= 0.6 is 0 Å². The van der Waals surface area contributed by atoms with Crippen LogP contribution in [0.4, 0.5) is 4.79 Å². The molecule has 5 heteroatoms. The number of hydrogen-bond acceptors (Lipinski definition) is 4. The maximum Gasteiger partial charge on any atom is 0.410 e. The number of amides is 1. The number of aldehydes is 1. The van der Waals surface area contributed by atoms with Crippen molar-refractivity contribution in [1.82, 2.24) is 10.2 Å². The average Bonchev–Trinajstić information content (AvgIpc) is 3.49. The lowest BCUT2D eigenvalue weighted by atomic mass is 9.76. The maximum atomic E-state index is 12.2. The number of nitrogens with zero attached hydrogens (tertiary/aromatic N) is 1. The smallest absolute Gasteiger partial charge is 0.410 e. The Morgan fingerprint density at radius 2 is 1.60 bits per heavy atom. The molecule has 2 unspecified atom stereocenters. The number of nitrogens with one attached hydrogen (secondary N) is 1. The molecule has 0 aliphatic carbocycles. The van der Waals surface area contributed by atoms with Crippen molar-refractivity contribution in [2.75, 3.05) is 26.2 Å². The third-order valence-corrected chi connectivity index (χ3v) is 7.22. The summed E-state index contributed by atoms with van der Waals surface area (Å²) in [4.78, 5) is 25.0. The van der Waals surface area contributed by atoms with Gasteiger partial charge in [0.15, 0.2) is 0 Å². The summed E-state index contributed by atoms with van der Waals surface area (Å²) in [7, 11) is 0. The minimum Gasteiger partial charge on any atom is -0.444 e. The molecule has 0 bridgehead atoms. The zero-order valence-electron chi connectivity index (χ0n) is 21.9. The standard InChI is InChI=1S/C17H23NO3.C13H19N/c1-16(2,3)21-15(20)18-11-9-17(13-18,10-12-19)14-7-5-4-6-8-14;1-2-8-13(9-10-14-11-13)12-6-4-3-5-7-12/h4-8,12H,9-11,13H2,1-3H3;3-7,14H,2,8-11H2,1H3. The fourth-order valence-corrected chi connectivity index (χ4v) is 5.44. The second-order valence-electron chi connectivity index (χ2n) is 11.0. The summed E-state index contributed by atoms with van der Waals surface area (Å²) in [5, 5.41) is 3.50. The van der Waals surface area contributed by atoms with Gasteiger partial charge in [-0.25, -0.2) is 4.79 Å². The van der Waals surface area contributed by atoms with Gasteiger partial charge in [0.25, 0.3) is 0 Å². The van der Waals surface area contributed by atoms with E-state index in [0.29, 0.717) is 24.9 Å². The number of carbonyl (C=O) groups is 2. The molecule has 35 heavy (non-hydrogen) atoms. The molecule has 0 radical (unpaired) electrons. The highest BCUT2D eigenvalue weighted by Crippen LogP contribution is 2.38. The van der Waals surface area contributed by atoms with Crippen LogP contribution < -0.4 is 5.32 Å². The molecule has 0 aromatic heterocycles. The molecule has 2 aliphatic heterocycles. The van der Waals surface area contributed by atoms with Crippen molar-refractivity contribution in [3.63, 3.8) is 0 Å². The van der Waals surface area contributed by atoms with Crippen LogP contribution in [0.5, 0.6) is 0 Å². The molecule has 1 N–H and O–H groups in total. The Hall–Kier alpha value is -2.66. The Morgan fingerprint density at radius 3 is 2.09 bits per heavy atom. The van der Waals surface area contributed by atoms with Gasteiger partial charge in [-0.2, -0.15) is 0 Å². The molecule has 2 aromatic rings. The number of rotatable bonds is 6. The fraction of sp³-hybridized carbons (Fsp3) is 0.533. The summed E-state index contributed by atoms with van der Waals surface area (Å²) in [6.45, 7) is 11.3. The molecule has 2 fully saturated rings. The zero-order chi connectivity index (χ0) is 25.4. The van der Waals surface area contributed by atoms with E-state index in [4.69, 9.17) is 4.74 Å². The second kappa shape index (κ2) is 11.9. The van der Waals surface area contributed by atoms with E-state index in [2.05, 4.69) is 42.6 Å². The number of hydrogen-bond donors (Lipinski definition) is 1. The van der Waals surface area contributed by atoms with Gasteiger partial charge in [0, 0.05) is 36.9 Å². The third kappa shape index (κ3) is 6.94. The predicted molar refractivity (Wildman–Crippen MR) is 142 cm³/mol. The molecule has 0 saturated carbocycles. The van der Waals surface area contributed by atoms with Gasteiger partial charge in [-0.15, -0.1) is 0 Å². The second-order valence-corrected chi connectivity index (χ2v) is 11.0. The summed E-state index contributed by atoms with van der Waals surface area (Å²) < 4.78 is 5.43. The van der Waals surface area contributed by atoms with Gasteiger partial charge in [-0.1, -0.05) is 74.0 Å². The number of ether oxygens (including phenoxy) is 1. The number of benzene rings is 2. The third-order valence-electron chi connectivity index (χ3n) is 7.22. The molecule has 2 atom stereocenters. The Morgan fingerprint density at radius 1 is 1.00 bits per heavy atom. The van der Waals surface area contributed by atoms with Crippen molar-refractivity contribution >= 4 is 12.4 Å². The first-order valence-electron chi connectivity index (χ1n) is 13.0. The van der Waals surface area contributed by atoms with E-state index < -0.39 is 5.60 Å². The fourth-order valence-electron chi connectivity index (χ4n) is 5.44. The Kier molecular flexibility index (Phi) is 9.12. The summed E-state index contributed by atoms with van der Waals surface area (Å²) in [6.07, 6.45) is 5.74. The van der Waals surface area contributed by atoms with Crippen LogP contribution in [-0.4, -0.2) is 49.1 Å². The quantitative estimate of drug-likeness (QED) is 0.528. The predicted octanol–water partition coefficient (Wildman–Crippen LogP) is 5.87. The van der Waals surface area contributed by atoms with Crippen molar-refractivity contribution in [1.29, 1.82) is 0 Å². The van der Waals surface area contributed by atoms with Crippen LogP contribution in [0.1, 0.15) is 70.9 Å². The normalized spacial score (nSPS) is 23.9. The molecule has 0 spiro atoms. The summed E-state index contributed by atoms with van der Waals surface area (Å²) >= 11 is 0.